The highest BCUT2D eigenvalue weighted by Gasteiger charge is 2.28. The Morgan fingerprint density at radius 3 is 2.22 bits per heavy atom. The summed E-state index contributed by atoms with van der Waals surface area (Å²) in [5.41, 5.74) is 2.73. The fourth-order valence-electron chi connectivity index (χ4n) is 2.19. The van der Waals surface area contributed by atoms with Crippen LogP contribution >= 0.6 is 11.6 Å². The SMILES string of the molecule is CCCCCCC(=O)N(NC(=O)c1ccc(Cl)cc1)C(C)(C)C. The van der Waals surface area contributed by atoms with Crippen molar-refractivity contribution in [1.82, 2.24) is 10.4 Å². The Bertz CT molecular complexity index is 521. The van der Waals surface area contributed by atoms with E-state index in [4.69, 9.17) is 11.6 Å². The highest BCUT2D eigenvalue weighted by Crippen LogP contribution is 2.16. The maximum absolute atomic E-state index is 12.5. The zero-order valence-corrected chi connectivity index (χ0v) is 15.2. The minimum atomic E-state index is -0.482. The molecule has 128 valence electrons. The molecule has 4 nitrogen and oxygen atoms in total. The Balaban J connectivity index is 2.73. The van der Waals surface area contributed by atoms with Gasteiger partial charge in [-0.05, 0) is 51.5 Å². The molecule has 0 radical (unpaired) electrons. The molecular formula is C18H27ClN2O2. The molecule has 2 amide bonds. The van der Waals surface area contributed by atoms with Gasteiger partial charge in [0.1, 0.15) is 0 Å². The molecule has 1 rings (SSSR count). The van der Waals surface area contributed by atoms with E-state index in [-0.39, 0.29) is 11.8 Å². The van der Waals surface area contributed by atoms with Crippen LogP contribution in [0, 0.1) is 0 Å². The van der Waals surface area contributed by atoms with E-state index < -0.39 is 5.54 Å². The molecule has 0 aliphatic carbocycles. The first kappa shape index (κ1) is 19.5. The van der Waals surface area contributed by atoms with Crippen LogP contribution in [0.1, 0.15) is 70.2 Å². The second-order valence-corrected chi connectivity index (χ2v) is 7.09. The summed E-state index contributed by atoms with van der Waals surface area (Å²) < 4.78 is 0. The summed E-state index contributed by atoms with van der Waals surface area (Å²) >= 11 is 5.83. The van der Waals surface area contributed by atoms with Crippen LogP contribution in [0.25, 0.3) is 0 Å². The fourth-order valence-corrected chi connectivity index (χ4v) is 2.31. The van der Waals surface area contributed by atoms with E-state index in [0.29, 0.717) is 17.0 Å². The third-order valence-electron chi connectivity index (χ3n) is 3.48. The summed E-state index contributed by atoms with van der Waals surface area (Å²) in [6.07, 6.45) is 4.57. The molecule has 0 fully saturated rings. The standard InChI is InChI=1S/C18H27ClN2O2/c1-5-6-7-8-9-16(22)21(18(2,3)4)20-17(23)14-10-12-15(19)13-11-14/h10-13H,5-9H2,1-4H3,(H,20,23). The van der Waals surface area contributed by atoms with Crippen LogP contribution in [0.5, 0.6) is 0 Å². The molecule has 0 aliphatic rings. The van der Waals surface area contributed by atoms with Crippen molar-refractivity contribution in [2.24, 2.45) is 0 Å². The smallest absolute Gasteiger partial charge is 0.269 e. The average molecular weight is 339 g/mol. The first-order valence-electron chi connectivity index (χ1n) is 8.15. The van der Waals surface area contributed by atoms with Gasteiger partial charge in [0.25, 0.3) is 5.91 Å². The van der Waals surface area contributed by atoms with Gasteiger partial charge in [0, 0.05) is 17.0 Å². The molecule has 23 heavy (non-hydrogen) atoms. The maximum Gasteiger partial charge on any atom is 0.269 e. The van der Waals surface area contributed by atoms with Gasteiger partial charge in [0.05, 0.1) is 5.54 Å². The summed E-state index contributed by atoms with van der Waals surface area (Å²) in [6, 6.07) is 6.60. The molecule has 0 bridgehead atoms. The predicted octanol–water partition coefficient (Wildman–Crippen LogP) is 4.58. The minimum absolute atomic E-state index is 0.0593. The van der Waals surface area contributed by atoms with Crippen molar-refractivity contribution in [3.05, 3.63) is 34.9 Å². The molecule has 0 aliphatic heterocycles. The molecule has 1 aromatic rings. The highest BCUT2D eigenvalue weighted by molar-refractivity contribution is 6.30. The number of carbonyl (C=O) groups excluding carboxylic acids is 2. The van der Waals surface area contributed by atoms with Crippen molar-refractivity contribution in [3.63, 3.8) is 0 Å². The van der Waals surface area contributed by atoms with Crippen molar-refractivity contribution in [2.45, 2.75) is 65.3 Å². The van der Waals surface area contributed by atoms with E-state index in [2.05, 4.69) is 12.3 Å². The highest BCUT2D eigenvalue weighted by atomic mass is 35.5. The largest absolute Gasteiger partial charge is 0.273 e. The first-order valence-corrected chi connectivity index (χ1v) is 8.53. The van der Waals surface area contributed by atoms with Gasteiger partial charge in [-0.2, -0.15) is 0 Å². The van der Waals surface area contributed by atoms with E-state index in [0.717, 1.165) is 25.7 Å². The number of hydrazine groups is 1. The summed E-state index contributed by atoms with van der Waals surface area (Å²) in [5.74, 6) is -0.366. The van der Waals surface area contributed by atoms with Gasteiger partial charge in [-0.15, -0.1) is 0 Å². The molecule has 0 unspecified atom stereocenters. The molecule has 0 saturated heterocycles. The van der Waals surface area contributed by atoms with Crippen molar-refractivity contribution in [3.8, 4) is 0 Å². The third kappa shape index (κ3) is 6.61. The number of unbranched alkanes of at least 4 members (excludes halogenated alkanes) is 3. The van der Waals surface area contributed by atoms with Gasteiger partial charge in [-0.3, -0.25) is 15.0 Å². The second-order valence-electron chi connectivity index (χ2n) is 6.66. The number of amides is 2. The topological polar surface area (TPSA) is 49.4 Å². The summed E-state index contributed by atoms with van der Waals surface area (Å²) in [7, 11) is 0. The molecule has 0 spiro atoms. The summed E-state index contributed by atoms with van der Waals surface area (Å²) in [4.78, 5) is 24.8. The summed E-state index contributed by atoms with van der Waals surface area (Å²) in [5, 5.41) is 2.01. The zero-order chi connectivity index (χ0) is 17.5. The molecule has 1 aromatic carbocycles. The Morgan fingerprint density at radius 1 is 1.09 bits per heavy atom. The third-order valence-corrected chi connectivity index (χ3v) is 3.74. The number of hydrogen-bond acceptors (Lipinski definition) is 2. The number of nitrogens with zero attached hydrogens (tertiary/aromatic N) is 1. The van der Waals surface area contributed by atoms with Gasteiger partial charge in [-0.1, -0.05) is 37.8 Å². The number of benzene rings is 1. The number of rotatable bonds is 6. The molecule has 0 saturated carbocycles. The fraction of sp³-hybridized carbons (Fsp3) is 0.556. The molecular weight excluding hydrogens is 312 g/mol. The predicted molar refractivity (Wildman–Crippen MR) is 94.3 cm³/mol. The number of nitrogens with one attached hydrogen (secondary N) is 1. The monoisotopic (exact) mass is 338 g/mol. The molecule has 0 aromatic heterocycles. The van der Waals surface area contributed by atoms with Crippen molar-refractivity contribution >= 4 is 23.4 Å². The second kappa shape index (κ2) is 8.92. The Hall–Kier alpha value is -1.55. The Kier molecular flexibility index (Phi) is 7.56. The lowest BCUT2D eigenvalue weighted by Gasteiger charge is -2.35. The van der Waals surface area contributed by atoms with Gasteiger partial charge in [-0.25, -0.2) is 5.01 Å². The van der Waals surface area contributed by atoms with Crippen LogP contribution in [-0.2, 0) is 4.79 Å². The van der Waals surface area contributed by atoms with Gasteiger partial charge < -0.3 is 0 Å². The quantitative estimate of drug-likeness (QED) is 0.609. The average Bonchev–Trinajstić information content (AvgIpc) is 2.48. The molecule has 1 N–H and O–H groups in total. The Morgan fingerprint density at radius 2 is 1.70 bits per heavy atom. The summed E-state index contributed by atoms with van der Waals surface area (Å²) in [6.45, 7) is 7.84. The van der Waals surface area contributed by atoms with Crippen LogP contribution in [0.2, 0.25) is 5.02 Å². The van der Waals surface area contributed by atoms with Gasteiger partial charge in [0.15, 0.2) is 0 Å². The normalized spacial score (nSPS) is 11.2. The lowest BCUT2D eigenvalue weighted by atomic mass is 10.1. The first-order chi connectivity index (χ1) is 10.8. The van der Waals surface area contributed by atoms with Crippen molar-refractivity contribution < 1.29 is 9.59 Å². The van der Waals surface area contributed by atoms with Gasteiger partial charge >= 0.3 is 0 Å². The Labute approximate surface area is 144 Å². The van der Waals surface area contributed by atoms with Crippen molar-refractivity contribution in [1.29, 1.82) is 0 Å². The van der Waals surface area contributed by atoms with Gasteiger partial charge in [0.2, 0.25) is 5.91 Å². The molecule has 0 heterocycles. The van der Waals surface area contributed by atoms with E-state index >= 15 is 0 Å². The number of carbonyl (C=O) groups is 2. The van der Waals surface area contributed by atoms with Crippen LogP contribution in [-0.4, -0.2) is 22.4 Å². The van der Waals surface area contributed by atoms with Crippen LogP contribution in [0.3, 0.4) is 0 Å². The van der Waals surface area contributed by atoms with Crippen molar-refractivity contribution in [2.75, 3.05) is 0 Å². The minimum Gasteiger partial charge on any atom is -0.273 e. The van der Waals surface area contributed by atoms with E-state index in [1.54, 1.807) is 24.3 Å². The van der Waals surface area contributed by atoms with Crippen LogP contribution < -0.4 is 5.43 Å². The maximum atomic E-state index is 12.5. The lowest BCUT2D eigenvalue weighted by Crippen LogP contribution is -2.55. The molecule has 0 atom stereocenters. The zero-order valence-electron chi connectivity index (χ0n) is 14.5. The van der Waals surface area contributed by atoms with E-state index in [1.165, 1.54) is 5.01 Å². The van der Waals surface area contributed by atoms with Crippen LogP contribution in [0.15, 0.2) is 24.3 Å². The molecule has 5 heteroatoms. The lowest BCUT2D eigenvalue weighted by molar-refractivity contribution is -0.139. The number of hydrogen-bond donors (Lipinski definition) is 1. The number of halogens is 1. The van der Waals surface area contributed by atoms with E-state index in [9.17, 15) is 9.59 Å². The van der Waals surface area contributed by atoms with Crippen LogP contribution in [0.4, 0.5) is 0 Å². The van der Waals surface area contributed by atoms with E-state index in [1.807, 2.05) is 20.8 Å².